The molecule has 0 aliphatic heterocycles. The van der Waals surface area contributed by atoms with Crippen LogP contribution in [0.3, 0.4) is 0 Å². The molecule has 0 amide bonds. The van der Waals surface area contributed by atoms with Crippen LogP contribution in [-0.2, 0) is 6.54 Å². The molecular weight excluding hydrogens is 260 g/mol. The molecule has 0 bridgehead atoms. The van der Waals surface area contributed by atoms with Crippen LogP contribution in [0.25, 0.3) is 11.3 Å². The Hall–Kier alpha value is -2.56. The molecule has 3 nitrogen and oxygen atoms in total. The van der Waals surface area contributed by atoms with E-state index in [2.05, 4.69) is 9.97 Å². The van der Waals surface area contributed by atoms with Gasteiger partial charge in [-0.3, -0.25) is 0 Å². The number of benzene rings is 1. The van der Waals surface area contributed by atoms with Crippen molar-refractivity contribution in [2.24, 2.45) is 0 Å². The molecular formula is C15H11F2N3. The Labute approximate surface area is 114 Å². The highest BCUT2D eigenvalue weighted by molar-refractivity contribution is 5.62. The molecule has 20 heavy (non-hydrogen) atoms. The molecule has 0 aliphatic carbocycles. The number of hydrogen-bond donors (Lipinski definition) is 0. The summed E-state index contributed by atoms with van der Waals surface area (Å²) < 4.78 is 28.3. The fourth-order valence-corrected chi connectivity index (χ4v) is 2.05. The van der Waals surface area contributed by atoms with Crippen molar-refractivity contribution in [2.75, 3.05) is 0 Å². The number of halogens is 2. The van der Waals surface area contributed by atoms with Crippen molar-refractivity contribution in [1.82, 2.24) is 14.5 Å². The highest BCUT2D eigenvalue weighted by Gasteiger charge is 2.10. The molecule has 0 spiro atoms. The fourth-order valence-electron chi connectivity index (χ4n) is 2.05. The van der Waals surface area contributed by atoms with Crippen LogP contribution in [0.2, 0.25) is 0 Å². The van der Waals surface area contributed by atoms with Gasteiger partial charge in [0.2, 0.25) is 0 Å². The number of rotatable bonds is 3. The summed E-state index contributed by atoms with van der Waals surface area (Å²) in [6.07, 6.45) is 6.92. The van der Waals surface area contributed by atoms with Crippen molar-refractivity contribution in [3.63, 3.8) is 0 Å². The second kappa shape index (κ2) is 5.21. The van der Waals surface area contributed by atoms with Gasteiger partial charge < -0.3 is 4.57 Å². The molecule has 0 aliphatic rings. The maximum Gasteiger partial charge on any atom is 0.159 e. The lowest BCUT2D eigenvalue weighted by atomic mass is 10.1. The topological polar surface area (TPSA) is 30.7 Å². The Morgan fingerprint density at radius 1 is 1.05 bits per heavy atom. The highest BCUT2D eigenvalue weighted by atomic mass is 19.2. The molecule has 0 atom stereocenters. The summed E-state index contributed by atoms with van der Waals surface area (Å²) in [5.41, 5.74) is 1.98. The Kier molecular flexibility index (Phi) is 3.25. The van der Waals surface area contributed by atoms with E-state index in [0.29, 0.717) is 17.8 Å². The first-order valence-electron chi connectivity index (χ1n) is 6.09. The van der Waals surface area contributed by atoms with E-state index >= 15 is 0 Å². The maximum atomic E-state index is 13.4. The second-order valence-electron chi connectivity index (χ2n) is 4.38. The standard InChI is InChI=1S/C15H11F2N3/c16-13-4-3-11(7-14(13)17)15-12(8-18-10-19-15)9-20-5-1-2-6-20/h1-8,10H,9H2. The minimum absolute atomic E-state index is 0.536. The van der Waals surface area contributed by atoms with Crippen LogP contribution >= 0.6 is 0 Å². The van der Waals surface area contributed by atoms with Gasteiger partial charge in [-0.05, 0) is 30.3 Å². The van der Waals surface area contributed by atoms with Crippen molar-refractivity contribution in [3.05, 3.63) is 72.4 Å². The minimum Gasteiger partial charge on any atom is -0.350 e. The highest BCUT2D eigenvalue weighted by Crippen LogP contribution is 2.23. The number of nitrogens with zero attached hydrogens (tertiary/aromatic N) is 3. The number of hydrogen-bond acceptors (Lipinski definition) is 2. The average Bonchev–Trinajstić information content (AvgIpc) is 2.96. The molecule has 0 fully saturated rings. The lowest BCUT2D eigenvalue weighted by Gasteiger charge is -2.09. The largest absolute Gasteiger partial charge is 0.350 e. The Morgan fingerprint density at radius 2 is 1.85 bits per heavy atom. The lowest BCUT2D eigenvalue weighted by molar-refractivity contribution is 0.509. The zero-order valence-corrected chi connectivity index (χ0v) is 10.5. The van der Waals surface area contributed by atoms with Gasteiger partial charge in [-0.25, -0.2) is 18.7 Å². The van der Waals surface area contributed by atoms with Gasteiger partial charge in [0.25, 0.3) is 0 Å². The van der Waals surface area contributed by atoms with Gasteiger partial charge >= 0.3 is 0 Å². The van der Waals surface area contributed by atoms with Crippen molar-refractivity contribution < 1.29 is 8.78 Å². The smallest absolute Gasteiger partial charge is 0.159 e. The first kappa shape index (κ1) is 12.5. The lowest BCUT2D eigenvalue weighted by Crippen LogP contribution is -2.01. The quantitative estimate of drug-likeness (QED) is 0.732. The minimum atomic E-state index is -0.881. The van der Waals surface area contributed by atoms with E-state index < -0.39 is 11.6 Å². The first-order chi connectivity index (χ1) is 9.74. The van der Waals surface area contributed by atoms with E-state index in [4.69, 9.17) is 0 Å². The van der Waals surface area contributed by atoms with E-state index in [1.54, 1.807) is 6.20 Å². The Morgan fingerprint density at radius 3 is 2.60 bits per heavy atom. The second-order valence-corrected chi connectivity index (χ2v) is 4.38. The van der Waals surface area contributed by atoms with Crippen LogP contribution in [0.15, 0.2) is 55.2 Å². The predicted octanol–water partition coefficient (Wildman–Crippen LogP) is 3.27. The third-order valence-corrected chi connectivity index (χ3v) is 3.00. The van der Waals surface area contributed by atoms with Crippen LogP contribution in [0.4, 0.5) is 8.78 Å². The van der Waals surface area contributed by atoms with Crippen molar-refractivity contribution in [2.45, 2.75) is 6.54 Å². The van der Waals surface area contributed by atoms with Gasteiger partial charge in [-0.15, -0.1) is 0 Å². The molecule has 2 aromatic heterocycles. The first-order valence-corrected chi connectivity index (χ1v) is 6.09. The summed E-state index contributed by atoms with van der Waals surface area (Å²) in [5.74, 6) is -1.75. The third-order valence-electron chi connectivity index (χ3n) is 3.00. The summed E-state index contributed by atoms with van der Waals surface area (Å²) >= 11 is 0. The van der Waals surface area contributed by atoms with E-state index in [1.807, 2.05) is 29.1 Å². The van der Waals surface area contributed by atoms with E-state index in [0.717, 1.165) is 17.7 Å². The number of aromatic nitrogens is 3. The molecule has 100 valence electrons. The normalized spacial score (nSPS) is 10.7. The molecule has 0 N–H and O–H groups in total. The molecule has 0 radical (unpaired) electrons. The molecule has 0 unspecified atom stereocenters. The molecule has 1 aromatic carbocycles. The molecule has 5 heteroatoms. The van der Waals surface area contributed by atoms with E-state index in [9.17, 15) is 8.78 Å². The maximum absolute atomic E-state index is 13.4. The van der Waals surface area contributed by atoms with Crippen LogP contribution in [0.1, 0.15) is 5.56 Å². The van der Waals surface area contributed by atoms with Crippen LogP contribution in [0.5, 0.6) is 0 Å². The van der Waals surface area contributed by atoms with Gasteiger partial charge in [0.1, 0.15) is 6.33 Å². The predicted molar refractivity (Wildman–Crippen MR) is 70.9 cm³/mol. The van der Waals surface area contributed by atoms with Crippen molar-refractivity contribution in [1.29, 1.82) is 0 Å². The fraction of sp³-hybridized carbons (Fsp3) is 0.0667. The summed E-state index contributed by atoms with van der Waals surface area (Å²) in [6.45, 7) is 0.572. The van der Waals surface area contributed by atoms with E-state index in [-0.39, 0.29) is 0 Å². The zero-order chi connectivity index (χ0) is 13.9. The van der Waals surface area contributed by atoms with Crippen LogP contribution < -0.4 is 0 Å². The molecule has 3 rings (SSSR count). The van der Waals surface area contributed by atoms with Gasteiger partial charge in [0, 0.05) is 29.7 Å². The van der Waals surface area contributed by atoms with Crippen LogP contribution in [0, 0.1) is 11.6 Å². The molecule has 0 saturated heterocycles. The summed E-state index contributed by atoms with van der Waals surface area (Å²) in [4.78, 5) is 8.19. The molecule has 3 aromatic rings. The van der Waals surface area contributed by atoms with Gasteiger partial charge in [0.05, 0.1) is 12.2 Å². The van der Waals surface area contributed by atoms with Crippen molar-refractivity contribution in [3.8, 4) is 11.3 Å². The van der Waals surface area contributed by atoms with Crippen molar-refractivity contribution >= 4 is 0 Å². The SMILES string of the molecule is Fc1ccc(-c2ncncc2Cn2cccc2)cc1F. The molecule has 0 saturated carbocycles. The Balaban J connectivity index is 2.02. The average molecular weight is 271 g/mol. The van der Waals surface area contributed by atoms with Gasteiger partial charge in [-0.2, -0.15) is 0 Å². The summed E-state index contributed by atoms with van der Waals surface area (Å²) in [5, 5.41) is 0. The Bertz CT molecular complexity index is 724. The van der Waals surface area contributed by atoms with Crippen LogP contribution in [-0.4, -0.2) is 14.5 Å². The zero-order valence-electron chi connectivity index (χ0n) is 10.5. The monoisotopic (exact) mass is 271 g/mol. The van der Waals surface area contributed by atoms with Gasteiger partial charge in [0.15, 0.2) is 11.6 Å². The van der Waals surface area contributed by atoms with E-state index in [1.165, 1.54) is 12.4 Å². The summed E-state index contributed by atoms with van der Waals surface area (Å²) in [6, 6.07) is 7.60. The summed E-state index contributed by atoms with van der Waals surface area (Å²) in [7, 11) is 0. The van der Waals surface area contributed by atoms with Gasteiger partial charge in [-0.1, -0.05) is 0 Å². The molecule has 2 heterocycles. The third kappa shape index (κ3) is 2.42.